The quantitative estimate of drug-likeness (QED) is 0.217. The fraction of sp³-hybridized carbons (Fsp3) is 0.0938. The largest absolute Gasteiger partial charge is 0.364 e. The molecule has 3 heteroatoms. The van der Waals surface area contributed by atoms with Gasteiger partial charge < -0.3 is 4.74 Å². The number of nitriles is 1. The lowest BCUT2D eigenvalue weighted by atomic mass is 9.91. The lowest BCUT2D eigenvalue weighted by Gasteiger charge is -2.21. The van der Waals surface area contributed by atoms with Gasteiger partial charge in [-0.3, -0.25) is 0 Å². The van der Waals surface area contributed by atoms with E-state index in [1.54, 1.807) is 6.08 Å². The van der Waals surface area contributed by atoms with Gasteiger partial charge in [0.15, 0.2) is 0 Å². The Morgan fingerprint density at radius 2 is 1.77 bits per heavy atom. The second-order valence-corrected chi connectivity index (χ2v) is 9.06. The van der Waals surface area contributed by atoms with Gasteiger partial charge in [-0.15, -0.1) is 0 Å². The van der Waals surface area contributed by atoms with Crippen LogP contribution in [0.4, 0.5) is 0 Å². The first kappa shape index (κ1) is 24.4. The summed E-state index contributed by atoms with van der Waals surface area (Å²) in [4.78, 5) is 0. The average molecular weight is 520 g/mol. The molecule has 172 valence electrons. The van der Waals surface area contributed by atoms with E-state index in [2.05, 4.69) is 77.1 Å². The molecule has 0 fully saturated rings. The Labute approximate surface area is 215 Å². The molecule has 0 heterocycles. The maximum Gasteiger partial charge on any atom is 0.108 e. The molecule has 1 atom stereocenters. The number of allylic oxidation sites excluding steroid dienone is 3. The Kier molecular flexibility index (Phi) is 8.11. The van der Waals surface area contributed by atoms with Gasteiger partial charge in [-0.05, 0) is 64.2 Å². The number of ether oxygens (including phenoxy) is 1. The van der Waals surface area contributed by atoms with Crippen molar-refractivity contribution in [3.8, 4) is 17.2 Å². The summed E-state index contributed by atoms with van der Waals surface area (Å²) in [6.45, 7) is 6.28. The highest BCUT2D eigenvalue weighted by Gasteiger charge is 2.19. The third-order valence-corrected chi connectivity index (χ3v) is 6.47. The molecule has 4 aromatic carbocycles. The first-order valence-electron chi connectivity index (χ1n) is 11.5. The predicted molar refractivity (Wildman–Crippen MR) is 149 cm³/mol. The number of hydrogen-bond acceptors (Lipinski definition) is 2. The topological polar surface area (TPSA) is 33.0 Å². The number of nitrogens with zero attached hydrogens (tertiary/aromatic N) is 1. The maximum atomic E-state index is 9.91. The molecule has 0 bridgehead atoms. The van der Waals surface area contributed by atoms with Gasteiger partial charge in [0.1, 0.15) is 6.10 Å². The van der Waals surface area contributed by atoms with Crippen molar-refractivity contribution in [2.45, 2.75) is 19.6 Å². The van der Waals surface area contributed by atoms with Gasteiger partial charge in [0.2, 0.25) is 0 Å². The van der Waals surface area contributed by atoms with E-state index in [9.17, 15) is 5.26 Å². The van der Waals surface area contributed by atoms with E-state index in [0.29, 0.717) is 12.2 Å². The normalized spacial score (nSPS) is 12.5. The van der Waals surface area contributed by atoms with Crippen LogP contribution < -0.4 is 0 Å². The Bertz CT molecular complexity index is 1440. The molecule has 0 N–H and O–H groups in total. The molecule has 4 rings (SSSR count). The first-order valence-corrected chi connectivity index (χ1v) is 12.3. The highest BCUT2D eigenvalue weighted by molar-refractivity contribution is 9.10. The summed E-state index contributed by atoms with van der Waals surface area (Å²) in [5.41, 5.74) is 5.69. The van der Waals surface area contributed by atoms with Crippen LogP contribution in [0.25, 0.3) is 21.9 Å². The minimum atomic E-state index is -0.304. The summed E-state index contributed by atoms with van der Waals surface area (Å²) in [5.74, 6) is 0. The molecule has 0 spiro atoms. The van der Waals surface area contributed by atoms with Crippen LogP contribution in [0.1, 0.15) is 29.7 Å². The molecule has 0 saturated heterocycles. The smallest absolute Gasteiger partial charge is 0.108 e. The third kappa shape index (κ3) is 5.69. The lowest BCUT2D eigenvalue weighted by Crippen LogP contribution is -2.08. The Hall–Kier alpha value is -3.71. The summed E-state index contributed by atoms with van der Waals surface area (Å²) >= 11 is 3.49. The van der Waals surface area contributed by atoms with E-state index in [1.165, 1.54) is 0 Å². The van der Waals surface area contributed by atoms with E-state index < -0.39 is 0 Å². The first-order chi connectivity index (χ1) is 17.1. The molecule has 4 aromatic rings. The molecular weight excluding hydrogens is 494 g/mol. The SMILES string of the molecule is C=C/C=C\C(=C/C)C(OCc1ccc(Br)cc1)c1ccc(C#N)c(-c2cccc3ccccc23)c1. The number of fused-ring (bicyclic) bond motifs is 1. The highest BCUT2D eigenvalue weighted by atomic mass is 79.9. The van der Waals surface area contributed by atoms with Crippen LogP contribution in [0.15, 0.2) is 126 Å². The Morgan fingerprint density at radius 1 is 1.00 bits per heavy atom. The lowest BCUT2D eigenvalue weighted by molar-refractivity contribution is 0.0662. The summed E-state index contributed by atoms with van der Waals surface area (Å²) in [7, 11) is 0. The second-order valence-electron chi connectivity index (χ2n) is 8.14. The summed E-state index contributed by atoms with van der Waals surface area (Å²) in [6, 6.07) is 31.0. The van der Waals surface area contributed by atoms with Gasteiger partial charge in [-0.25, -0.2) is 0 Å². The molecule has 1 unspecified atom stereocenters. The fourth-order valence-corrected chi connectivity index (χ4v) is 4.43. The van der Waals surface area contributed by atoms with Crippen molar-refractivity contribution in [2.24, 2.45) is 0 Å². The molecule has 0 amide bonds. The van der Waals surface area contributed by atoms with Crippen molar-refractivity contribution >= 4 is 26.7 Å². The maximum absolute atomic E-state index is 9.91. The minimum absolute atomic E-state index is 0.304. The van der Waals surface area contributed by atoms with Crippen LogP contribution in [0.2, 0.25) is 0 Å². The van der Waals surface area contributed by atoms with E-state index >= 15 is 0 Å². The fourth-order valence-electron chi connectivity index (χ4n) is 4.16. The molecule has 2 nitrogen and oxygen atoms in total. The predicted octanol–water partition coefficient (Wildman–Crippen LogP) is 9.09. The van der Waals surface area contributed by atoms with Crippen molar-refractivity contribution in [1.82, 2.24) is 0 Å². The second kappa shape index (κ2) is 11.6. The summed E-state index contributed by atoms with van der Waals surface area (Å²) in [5, 5.41) is 12.2. The van der Waals surface area contributed by atoms with E-state index in [-0.39, 0.29) is 6.10 Å². The summed E-state index contributed by atoms with van der Waals surface area (Å²) < 4.78 is 7.54. The zero-order valence-corrected chi connectivity index (χ0v) is 21.2. The molecule has 0 saturated carbocycles. The van der Waals surface area contributed by atoms with Gasteiger partial charge >= 0.3 is 0 Å². The number of halogens is 1. The van der Waals surface area contributed by atoms with Crippen LogP contribution in [0.5, 0.6) is 0 Å². The van der Waals surface area contributed by atoms with Gasteiger partial charge in [0, 0.05) is 10.0 Å². The average Bonchev–Trinajstić information content (AvgIpc) is 2.91. The zero-order valence-electron chi connectivity index (χ0n) is 19.6. The van der Waals surface area contributed by atoms with Crippen LogP contribution in [-0.2, 0) is 11.3 Å². The number of rotatable bonds is 8. The Balaban J connectivity index is 1.80. The molecule has 0 aliphatic carbocycles. The van der Waals surface area contributed by atoms with Gasteiger partial charge in [0.25, 0.3) is 0 Å². The van der Waals surface area contributed by atoms with Gasteiger partial charge in [-0.1, -0.05) is 107 Å². The standard InChI is InChI=1S/C32H26BrNO/c1-3-5-9-24(4-2)32(35-22-23-14-18-28(33)19-15-23)26-16-17-27(21-34)31(20-26)30-13-8-11-25-10-6-7-12-29(25)30/h3-20,32H,1,22H2,2H3/b9-5-,24-4+. The van der Waals surface area contributed by atoms with Crippen LogP contribution >= 0.6 is 15.9 Å². The van der Waals surface area contributed by atoms with E-state index in [4.69, 9.17) is 4.74 Å². The van der Waals surface area contributed by atoms with E-state index in [1.807, 2.05) is 61.5 Å². The highest BCUT2D eigenvalue weighted by Crippen LogP contribution is 2.36. The number of benzene rings is 4. The zero-order chi connectivity index (χ0) is 24.6. The van der Waals surface area contributed by atoms with E-state index in [0.717, 1.165) is 43.1 Å². The van der Waals surface area contributed by atoms with Crippen molar-refractivity contribution in [2.75, 3.05) is 0 Å². The van der Waals surface area contributed by atoms with Crippen molar-refractivity contribution in [1.29, 1.82) is 5.26 Å². The monoisotopic (exact) mass is 519 g/mol. The number of hydrogen-bond donors (Lipinski definition) is 0. The van der Waals surface area contributed by atoms with Crippen molar-refractivity contribution in [3.05, 3.63) is 143 Å². The molecule has 0 radical (unpaired) electrons. The van der Waals surface area contributed by atoms with Crippen LogP contribution in [-0.4, -0.2) is 0 Å². The van der Waals surface area contributed by atoms with Crippen molar-refractivity contribution in [3.63, 3.8) is 0 Å². The molecule has 35 heavy (non-hydrogen) atoms. The van der Waals surface area contributed by atoms with Crippen LogP contribution in [0, 0.1) is 11.3 Å². The minimum Gasteiger partial charge on any atom is -0.364 e. The van der Waals surface area contributed by atoms with Gasteiger partial charge in [0.05, 0.1) is 18.2 Å². The summed E-state index contributed by atoms with van der Waals surface area (Å²) in [6.07, 6.45) is 7.45. The molecule has 0 aliphatic rings. The third-order valence-electron chi connectivity index (χ3n) is 5.94. The van der Waals surface area contributed by atoms with Crippen LogP contribution in [0.3, 0.4) is 0 Å². The van der Waals surface area contributed by atoms with Crippen molar-refractivity contribution < 1.29 is 4.74 Å². The Morgan fingerprint density at radius 3 is 2.51 bits per heavy atom. The van der Waals surface area contributed by atoms with Gasteiger partial charge in [-0.2, -0.15) is 5.26 Å². The molecule has 0 aromatic heterocycles. The molecular formula is C32H26BrNO. The molecule has 0 aliphatic heterocycles.